The summed E-state index contributed by atoms with van der Waals surface area (Å²) in [6.07, 6.45) is -1.39. The number of benzene rings is 1. The van der Waals surface area contributed by atoms with Crippen molar-refractivity contribution < 1.29 is 21.6 Å². The molecule has 0 saturated carbocycles. The van der Waals surface area contributed by atoms with Gasteiger partial charge in [-0.2, -0.15) is 18.4 Å². The first-order valence-electron chi connectivity index (χ1n) is 7.59. The van der Waals surface area contributed by atoms with Gasteiger partial charge < -0.3 is 5.32 Å². The lowest BCUT2D eigenvalue weighted by Crippen LogP contribution is -2.47. The first-order chi connectivity index (χ1) is 11.2. The van der Waals surface area contributed by atoms with Gasteiger partial charge in [0.15, 0.2) is 0 Å². The Hall–Kier alpha value is -1.34. The molecule has 0 spiro atoms. The van der Waals surface area contributed by atoms with Crippen molar-refractivity contribution in [2.45, 2.75) is 54.9 Å². The minimum atomic E-state index is -4.70. The molecule has 10 heteroatoms. The second-order valence-corrected chi connectivity index (χ2v) is 7.96. The smallest absolute Gasteiger partial charge is 0.311 e. The molecule has 2 bridgehead atoms. The highest BCUT2D eigenvalue weighted by Gasteiger charge is 2.37. The molecule has 2 aliphatic heterocycles. The van der Waals surface area contributed by atoms with Crippen LogP contribution in [0.4, 0.5) is 13.2 Å². The van der Waals surface area contributed by atoms with Crippen LogP contribution < -0.4 is 10.0 Å². The van der Waals surface area contributed by atoms with Crippen molar-refractivity contribution in [3.8, 4) is 6.07 Å². The van der Waals surface area contributed by atoms with E-state index in [4.69, 9.17) is 5.26 Å². The Morgan fingerprint density at radius 3 is 2.32 bits per heavy atom. The number of hydrogen-bond acceptors (Lipinski definition) is 4. The topological polar surface area (TPSA) is 82.0 Å². The lowest BCUT2D eigenvalue weighted by molar-refractivity contribution is -0.137. The highest BCUT2D eigenvalue weighted by atomic mass is 35.5. The minimum absolute atomic E-state index is 0. The number of alkyl halides is 3. The van der Waals surface area contributed by atoms with Crippen LogP contribution >= 0.6 is 12.4 Å². The molecule has 0 aliphatic carbocycles. The van der Waals surface area contributed by atoms with Gasteiger partial charge in [0.25, 0.3) is 0 Å². The summed E-state index contributed by atoms with van der Waals surface area (Å²) in [5.74, 6) is 0. The van der Waals surface area contributed by atoms with E-state index in [1.807, 2.05) is 0 Å². The first-order valence-corrected chi connectivity index (χ1v) is 9.07. The average molecular weight is 396 g/mol. The van der Waals surface area contributed by atoms with Crippen LogP contribution in [0, 0.1) is 11.3 Å². The normalized spacial score (nSPS) is 25.9. The summed E-state index contributed by atoms with van der Waals surface area (Å²) in [5, 5.41) is 12.3. The van der Waals surface area contributed by atoms with E-state index in [1.54, 1.807) is 0 Å². The molecule has 0 amide bonds. The standard InChI is InChI=1S/C15H16F3N3O2S.ClH/c16-15(17,18)14-4-3-13(5-9(14)8-19)24(22,23)21-12-6-10-1-2-11(7-12)20-10;/h3-5,10-12,20-21H,1-2,6-7H2;1H. The molecule has 25 heavy (non-hydrogen) atoms. The molecule has 2 saturated heterocycles. The van der Waals surface area contributed by atoms with E-state index in [1.165, 1.54) is 6.07 Å². The molecule has 1 aromatic rings. The highest BCUT2D eigenvalue weighted by Crippen LogP contribution is 2.33. The lowest BCUT2D eigenvalue weighted by atomic mass is 10.0. The van der Waals surface area contributed by atoms with E-state index in [2.05, 4.69) is 10.0 Å². The van der Waals surface area contributed by atoms with Crippen LogP contribution in [0.15, 0.2) is 23.1 Å². The van der Waals surface area contributed by atoms with Crippen LogP contribution in [0.25, 0.3) is 0 Å². The van der Waals surface area contributed by atoms with E-state index in [0.717, 1.165) is 25.0 Å². The number of nitrogens with zero attached hydrogens (tertiary/aromatic N) is 1. The third-order valence-electron chi connectivity index (χ3n) is 4.52. The van der Waals surface area contributed by atoms with Crippen molar-refractivity contribution >= 4 is 22.4 Å². The number of fused-ring (bicyclic) bond motifs is 2. The van der Waals surface area contributed by atoms with E-state index >= 15 is 0 Å². The predicted octanol–water partition coefficient (Wildman–Crippen LogP) is 2.56. The summed E-state index contributed by atoms with van der Waals surface area (Å²) < 4.78 is 65.9. The SMILES string of the molecule is Cl.N#Cc1cc(S(=O)(=O)NC2CC3CCC(C2)N3)ccc1C(F)(F)F. The zero-order valence-corrected chi connectivity index (χ0v) is 14.6. The van der Waals surface area contributed by atoms with Gasteiger partial charge >= 0.3 is 6.18 Å². The molecule has 2 unspecified atom stereocenters. The van der Waals surface area contributed by atoms with Gasteiger partial charge in [-0.3, -0.25) is 0 Å². The van der Waals surface area contributed by atoms with Crippen LogP contribution in [0.1, 0.15) is 36.8 Å². The monoisotopic (exact) mass is 395 g/mol. The summed E-state index contributed by atoms with van der Waals surface area (Å²) in [6.45, 7) is 0. The molecular formula is C15H17ClF3N3O2S. The van der Waals surface area contributed by atoms with Crippen LogP contribution in [0.2, 0.25) is 0 Å². The molecule has 1 aromatic carbocycles. The lowest BCUT2D eigenvalue weighted by Gasteiger charge is -2.29. The van der Waals surface area contributed by atoms with Gasteiger partial charge in [-0.1, -0.05) is 0 Å². The number of hydrogen-bond donors (Lipinski definition) is 2. The van der Waals surface area contributed by atoms with Gasteiger partial charge in [-0.15, -0.1) is 12.4 Å². The molecule has 2 N–H and O–H groups in total. The molecule has 2 heterocycles. The molecule has 3 rings (SSSR count). The summed E-state index contributed by atoms with van der Waals surface area (Å²) in [5.41, 5.74) is -1.83. The van der Waals surface area contributed by atoms with Crippen molar-refractivity contribution in [2.75, 3.05) is 0 Å². The zero-order valence-electron chi connectivity index (χ0n) is 13.0. The second kappa shape index (κ2) is 7.11. The van der Waals surface area contributed by atoms with E-state index < -0.39 is 27.3 Å². The fourth-order valence-electron chi connectivity index (χ4n) is 3.47. The van der Waals surface area contributed by atoms with Crippen LogP contribution in [0.3, 0.4) is 0 Å². The Bertz CT molecular complexity index is 780. The van der Waals surface area contributed by atoms with Gasteiger partial charge in [0.05, 0.1) is 22.1 Å². The van der Waals surface area contributed by atoms with Crippen LogP contribution in [-0.4, -0.2) is 26.5 Å². The van der Waals surface area contributed by atoms with Gasteiger partial charge in [0, 0.05) is 18.1 Å². The Kier molecular flexibility index (Phi) is 5.68. The van der Waals surface area contributed by atoms with Gasteiger partial charge in [0.1, 0.15) is 0 Å². The van der Waals surface area contributed by atoms with Gasteiger partial charge in [-0.05, 0) is 43.9 Å². The molecule has 138 valence electrons. The van der Waals surface area contributed by atoms with E-state index in [9.17, 15) is 21.6 Å². The summed E-state index contributed by atoms with van der Waals surface area (Å²) in [4.78, 5) is -0.321. The molecule has 2 aliphatic rings. The third-order valence-corrected chi connectivity index (χ3v) is 6.04. The van der Waals surface area contributed by atoms with Crippen molar-refractivity contribution in [3.63, 3.8) is 0 Å². The second-order valence-electron chi connectivity index (χ2n) is 6.24. The number of rotatable bonds is 3. The number of sulfonamides is 1. The predicted molar refractivity (Wildman–Crippen MR) is 86.7 cm³/mol. The number of halogens is 4. The minimum Gasteiger partial charge on any atom is -0.311 e. The fourth-order valence-corrected chi connectivity index (χ4v) is 4.76. The average Bonchev–Trinajstić information content (AvgIpc) is 2.84. The summed E-state index contributed by atoms with van der Waals surface area (Å²) in [7, 11) is -3.97. The molecule has 2 fully saturated rings. The fraction of sp³-hybridized carbons (Fsp3) is 0.533. The van der Waals surface area contributed by atoms with Gasteiger partial charge in [-0.25, -0.2) is 13.1 Å². The first kappa shape index (κ1) is 20.0. The maximum Gasteiger partial charge on any atom is 0.417 e. The highest BCUT2D eigenvalue weighted by molar-refractivity contribution is 7.89. The maximum atomic E-state index is 12.8. The molecular weight excluding hydrogens is 379 g/mol. The largest absolute Gasteiger partial charge is 0.417 e. The van der Waals surface area contributed by atoms with Crippen LogP contribution in [0.5, 0.6) is 0 Å². The third kappa shape index (κ3) is 4.26. The van der Waals surface area contributed by atoms with Crippen molar-refractivity contribution in [1.82, 2.24) is 10.0 Å². The number of nitrogens with one attached hydrogen (secondary N) is 2. The Morgan fingerprint density at radius 2 is 1.80 bits per heavy atom. The van der Waals surface area contributed by atoms with Crippen molar-refractivity contribution in [3.05, 3.63) is 29.3 Å². The molecule has 2 atom stereocenters. The van der Waals surface area contributed by atoms with Crippen LogP contribution in [-0.2, 0) is 16.2 Å². The molecule has 5 nitrogen and oxygen atoms in total. The Morgan fingerprint density at radius 1 is 1.20 bits per heavy atom. The maximum absolute atomic E-state index is 12.8. The van der Waals surface area contributed by atoms with E-state index in [-0.39, 0.29) is 35.4 Å². The molecule has 0 aromatic heterocycles. The Balaban J connectivity index is 0.00000225. The van der Waals surface area contributed by atoms with Crippen molar-refractivity contribution in [1.29, 1.82) is 5.26 Å². The van der Waals surface area contributed by atoms with E-state index in [0.29, 0.717) is 18.9 Å². The summed E-state index contributed by atoms with van der Waals surface area (Å²) in [6, 6.07) is 4.03. The zero-order chi connectivity index (χ0) is 17.5. The molecule has 0 radical (unpaired) electrons. The number of piperidine rings is 1. The van der Waals surface area contributed by atoms with Crippen molar-refractivity contribution in [2.24, 2.45) is 0 Å². The Labute approximate surface area is 150 Å². The van der Waals surface area contributed by atoms with Gasteiger partial charge in [0.2, 0.25) is 10.0 Å². The summed E-state index contributed by atoms with van der Waals surface area (Å²) >= 11 is 0. The quantitative estimate of drug-likeness (QED) is 0.824. The number of nitriles is 1.